The SMILES string of the molecule is COc1ccc(/C=C/NC(=O)NCc2cccc(C)c2)cc1. The number of hydrogen-bond donors (Lipinski definition) is 2. The van der Waals surface area contributed by atoms with E-state index in [9.17, 15) is 4.79 Å². The summed E-state index contributed by atoms with van der Waals surface area (Å²) in [6.45, 7) is 2.53. The number of carbonyl (C=O) groups is 1. The lowest BCUT2D eigenvalue weighted by Crippen LogP contribution is -2.31. The van der Waals surface area contributed by atoms with E-state index in [1.54, 1.807) is 13.3 Å². The highest BCUT2D eigenvalue weighted by Crippen LogP contribution is 2.11. The van der Waals surface area contributed by atoms with Crippen molar-refractivity contribution in [3.8, 4) is 5.75 Å². The molecule has 0 aliphatic rings. The Kier molecular flexibility index (Phi) is 5.60. The molecule has 114 valence electrons. The minimum atomic E-state index is -0.230. The van der Waals surface area contributed by atoms with Gasteiger partial charge in [0.1, 0.15) is 5.75 Å². The first-order valence-electron chi connectivity index (χ1n) is 7.08. The van der Waals surface area contributed by atoms with Crippen molar-refractivity contribution in [1.29, 1.82) is 0 Å². The molecule has 0 saturated carbocycles. The van der Waals surface area contributed by atoms with Gasteiger partial charge in [-0.3, -0.25) is 0 Å². The number of carbonyl (C=O) groups excluding carboxylic acids is 1. The Morgan fingerprint density at radius 1 is 1.18 bits per heavy atom. The van der Waals surface area contributed by atoms with Crippen molar-refractivity contribution >= 4 is 12.1 Å². The minimum Gasteiger partial charge on any atom is -0.497 e. The number of ether oxygens (including phenoxy) is 1. The molecule has 2 rings (SSSR count). The molecule has 0 aliphatic heterocycles. The number of amides is 2. The second kappa shape index (κ2) is 7.88. The summed E-state index contributed by atoms with van der Waals surface area (Å²) in [6.07, 6.45) is 3.44. The predicted octanol–water partition coefficient (Wildman–Crippen LogP) is 3.47. The summed E-state index contributed by atoms with van der Waals surface area (Å²) in [7, 11) is 1.63. The van der Waals surface area contributed by atoms with Crippen molar-refractivity contribution in [2.75, 3.05) is 7.11 Å². The molecule has 0 atom stereocenters. The minimum absolute atomic E-state index is 0.230. The molecular weight excluding hydrogens is 276 g/mol. The lowest BCUT2D eigenvalue weighted by molar-refractivity contribution is 0.244. The number of urea groups is 1. The molecule has 0 fully saturated rings. The fourth-order valence-electron chi connectivity index (χ4n) is 1.98. The van der Waals surface area contributed by atoms with E-state index in [2.05, 4.69) is 10.6 Å². The molecule has 2 aromatic rings. The summed E-state index contributed by atoms with van der Waals surface area (Å²) < 4.78 is 5.09. The summed E-state index contributed by atoms with van der Waals surface area (Å²) in [5.74, 6) is 0.806. The van der Waals surface area contributed by atoms with Crippen LogP contribution in [0.5, 0.6) is 5.75 Å². The Hall–Kier alpha value is -2.75. The maximum Gasteiger partial charge on any atom is 0.319 e. The Labute approximate surface area is 130 Å². The maximum atomic E-state index is 11.7. The van der Waals surface area contributed by atoms with Crippen molar-refractivity contribution < 1.29 is 9.53 Å². The summed E-state index contributed by atoms with van der Waals surface area (Å²) in [5, 5.41) is 5.49. The summed E-state index contributed by atoms with van der Waals surface area (Å²) in [6, 6.07) is 15.4. The lowest BCUT2D eigenvalue weighted by Gasteiger charge is -2.05. The van der Waals surface area contributed by atoms with Gasteiger partial charge in [0.2, 0.25) is 0 Å². The number of rotatable bonds is 5. The molecule has 0 saturated heterocycles. The normalized spacial score (nSPS) is 10.5. The molecule has 0 aromatic heterocycles. The molecule has 0 bridgehead atoms. The van der Waals surface area contributed by atoms with Gasteiger partial charge in [0, 0.05) is 12.7 Å². The number of aryl methyl sites for hydroxylation is 1. The van der Waals surface area contributed by atoms with Crippen LogP contribution >= 0.6 is 0 Å². The second-order valence-electron chi connectivity index (χ2n) is 4.92. The highest BCUT2D eigenvalue weighted by atomic mass is 16.5. The molecular formula is C18H20N2O2. The van der Waals surface area contributed by atoms with Crippen LogP contribution in [0.1, 0.15) is 16.7 Å². The third-order valence-electron chi connectivity index (χ3n) is 3.14. The van der Waals surface area contributed by atoms with Crippen molar-refractivity contribution in [2.45, 2.75) is 13.5 Å². The van der Waals surface area contributed by atoms with E-state index in [0.29, 0.717) is 6.54 Å². The number of nitrogens with one attached hydrogen (secondary N) is 2. The van der Waals surface area contributed by atoms with Gasteiger partial charge >= 0.3 is 6.03 Å². The largest absolute Gasteiger partial charge is 0.497 e. The van der Waals surface area contributed by atoms with Gasteiger partial charge in [0.15, 0.2) is 0 Å². The Balaban J connectivity index is 1.78. The standard InChI is InChI=1S/C18H20N2O2/c1-14-4-3-5-16(12-14)13-20-18(21)19-11-10-15-6-8-17(22-2)9-7-15/h3-12H,13H2,1-2H3,(H2,19,20,21)/b11-10+. The zero-order chi connectivity index (χ0) is 15.8. The molecule has 0 radical (unpaired) electrons. The average Bonchev–Trinajstić information content (AvgIpc) is 2.54. The average molecular weight is 296 g/mol. The zero-order valence-corrected chi connectivity index (χ0v) is 12.8. The maximum absolute atomic E-state index is 11.7. The Morgan fingerprint density at radius 2 is 1.95 bits per heavy atom. The van der Waals surface area contributed by atoms with Gasteiger partial charge < -0.3 is 15.4 Å². The van der Waals surface area contributed by atoms with Gasteiger partial charge in [-0.15, -0.1) is 0 Å². The third-order valence-corrected chi connectivity index (χ3v) is 3.14. The third kappa shape index (κ3) is 4.98. The molecule has 0 spiro atoms. The first-order valence-corrected chi connectivity index (χ1v) is 7.08. The first-order chi connectivity index (χ1) is 10.7. The first kappa shape index (κ1) is 15.6. The summed E-state index contributed by atoms with van der Waals surface area (Å²) in [5.41, 5.74) is 3.24. The van der Waals surface area contributed by atoms with Crippen molar-refractivity contribution in [1.82, 2.24) is 10.6 Å². The van der Waals surface area contributed by atoms with Crippen LogP contribution < -0.4 is 15.4 Å². The Morgan fingerprint density at radius 3 is 2.64 bits per heavy atom. The number of hydrogen-bond acceptors (Lipinski definition) is 2. The van der Waals surface area contributed by atoms with Crippen LogP contribution in [-0.2, 0) is 6.54 Å². The van der Waals surface area contributed by atoms with Gasteiger partial charge in [0.05, 0.1) is 7.11 Å². The van der Waals surface area contributed by atoms with Crippen molar-refractivity contribution in [3.05, 3.63) is 71.4 Å². The van der Waals surface area contributed by atoms with Gasteiger partial charge in [0.25, 0.3) is 0 Å². The fraction of sp³-hybridized carbons (Fsp3) is 0.167. The quantitative estimate of drug-likeness (QED) is 0.887. The molecule has 0 aliphatic carbocycles. The summed E-state index contributed by atoms with van der Waals surface area (Å²) in [4.78, 5) is 11.7. The zero-order valence-electron chi connectivity index (χ0n) is 12.8. The van der Waals surface area contributed by atoms with Gasteiger partial charge in [-0.2, -0.15) is 0 Å². The molecule has 2 aromatic carbocycles. The molecule has 4 nitrogen and oxygen atoms in total. The highest BCUT2D eigenvalue weighted by Gasteiger charge is 1.98. The van der Waals surface area contributed by atoms with E-state index >= 15 is 0 Å². The molecule has 2 N–H and O–H groups in total. The molecule has 4 heteroatoms. The predicted molar refractivity (Wildman–Crippen MR) is 88.6 cm³/mol. The summed E-state index contributed by atoms with van der Waals surface area (Å²) >= 11 is 0. The number of methoxy groups -OCH3 is 1. The van der Waals surface area contributed by atoms with E-state index in [1.807, 2.05) is 61.5 Å². The van der Waals surface area contributed by atoms with Crippen LogP contribution in [0.2, 0.25) is 0 Å². The van der Waals surface area contributed by atoms with Gasteiger partial charge in [-0.05, 0) is 36.3 Å². The molecule has 0 unspecified atom stereocenters. The van der Waals surface area contributed by atoms with Crippen LogP contribution in [0.4, 0.5) is 4.79 Å². The Bertz CT molecular complexity index is 648. The number of benzene rings is 2. The van der Waals surface area contributed by atoms with Crippen LogP contribution in [0.25, 0.3) is 6.08 Å². The highest BCUT2D eigenvalue weighted by molar-refractivity contribution is 5.75. The van der Waals surface area contributed by atoms with E-state index in [0.717, 1.165) is 16.9 Å². The van der Waals surface area contributed by atoms with E-state index < -0.39 is 0 Å². The fourth-order valence-corrected chi connectivity index (χ4v) is 1.98. The van der Waals surface area contributed by atoms with Crippen molar-refractivity contribution in [3.63, 3.8) is 0 Å². The van der Waals surface area contributed by atoms with Crippen molar-refractivity contribution in [2.24, 2.45) is 0 Å². The van der Waals surface area contributed by atoms with Crippen LogP contribution in [0.15, 0.2) is 54.7 Å². The van der Waals surface area contributed by atoms with Crippen LogP contribution in [0.3, 0.4) is 0 Å². The second-order valence-corrected chi connectivity index (χ2v) is 4.92. The monoisotopic (exact) mass is 296 g/mol. The lowest BCUT2D eigenvalue weighted by atomic mass is 10.1. The van der Waals surface area contributed by atoms with Gasteiger partial charge in [-0.1, -0.05) is 42.0 Å². The van der Waals surface area contributed by atoms with Gasteiger partial charge in [-0.25, -0.2) is 4.79 Å². The van der Waals surface area contributed by atoms with E-state index in [4.69, 9.17) is 4.74 Å². The topological polar surface area (TPSA) is 50.4 Å². The van der Waals surface area contributed by atoms with E-state index in [-0.39, 0.29) is 6.03 Å². The van der Waals surface area contributed by atoms with E-state index in [1.165, 1.54) is 5.56 Å². The molecule has 0 heterocycles. The smallest absolute Gasteiger partial charge is 0.319 e. The van der Waals surface area contributed by atoms with Crippen LogP contribution in [0, 0.1) is 6.92 Å². The van der Waals surface area contributed by atoms with Crippen LogP contribution in [-0.4, -0.2) is 13.1 Å². The molecule has 2 amide bonds. The molecule has 22 heavy (non-hydrogen) atoms.